The van der Waals surface area contributed by atoms with Gasteiger partial charge in [0.25, 0.3) is 0 Å². The van der Waals surface area contributed by atoms with Crippen LogP contribution in [0.2, 0.25) is 1.41 Å². The summed E-state index contributed by atoms with van der Waals surface area (Å²) in [4.78, 5) is 10.5. The Morgan fingerprint density at radius 1 is 1.07 bits per heavy atom. The van der Waals surface area contributed by atoms with E-state index in [4.69, 9.17) is 28.8 Å². The van der Waals surface area contributed by atoms with Gasteiger partial charge in [-0.3, -0.25) is 5.01 Å². The van der Waals surface area contributed by atoms with Crippen molar-refractivity contribution in [1.82, 2.24) is 10.3 Å². The maximum absolute atomic E-state index is 10.5. The molecule has 0 aromatic heterocycles. The quantitative estimate of drug-likeness (QED) is 0.687. The van der Waals surface area contributed by atoms with Crippen molar-refractivity contribution in [3.8, 4) is 0 Å². The summed E-state index contributed by atoms with van der Waals surface area (Å²) in [7, 11) is 0. The molecule has 0 aliphatic carbocycles. The number of nitrogens with one attached hydrogen (secondary N) is 1. The molecule has 14 heavy (non-hydrogen) atoms. The average Bonchev–Trinajstić information content (AvgIpc) is 2.65. The molecule has 0 amide bonds. The largest absolute Gasteiger partial charge is 0.317 e. The van der Waals surface area contributed by atoms with Crippen molar-refractivity contribution >= 4 is 0 Å². The van der Waals surface area contributed by atoms with Crippen LogP contribution in [0.25, 0.3) is 0 Å². The van der Waals surface area contributed by atoms with E-state index in [1.54, 1.807) is 0 Å². The number of hydrogen-bond donors (Lipinski definition) is 1. The summed E-state index contributed by atoms with van der Waals surface area (Å²) in [6, 6.07) is 0. The molecule has 0 spiro atoms. The third-order valence-electron chi connectivity index (χ3n) is 0.879. The third kappa shape index (κ3) is 5.17. The molecule has 0 bridgehead atoms. The highest BCUT2D eigenvalue weighted by Gasteiger charge is 2.06. The molecule has 2 saturated heterocycles. The summed E-state index contributed by atoms with van der Waals surface area (Å²) in [5.41, 5.74) is 0. The second-order valence-electron chi connectivity index (χ2n) is 1.70. The highest BCUT2D eigenvalue weighted by molar-refractivity contribution is 4.58. The molecule has 2 aliphatic heterocycles. The Morgan fingerprint density at radius 3 is 2.21 bits per heavy atom. The molecule has 2 rings (SSSR count). The minimum absolute atomic E-state index is 0.485. The Labute approximate surface area is 116 Å². The van der Waals surface area contributed by atoms with Crippen LogP contribution in [0.3, 0.4) is 0 Å². The number of piperidine rings is 2. The molecule has 0 radical (unpaired) electrons. The molecule has 0 aromatic carbocycles. The summed E-state index contributed by atoms with van der Waals surface area (Å²) >= 11 is 0. The van der Waals surface area contributed by atoms with Gasteiger partial charge in [-0.1, -0.05) is 6.37 Å². The van der Waals surface area contributed by atoms with Gasteiger partial charge < -0.3 is 5.31 Å². The minimum atomic E-state index is -3.51. The normalized spacial score (nSPS) is 81.7. The van der Waals surface area contributed by atoms with Gasteiger partial charge in [0.05, 0.1) is 10.8 Å². The van der Waals surface area contributed by atoms with E-state index >= 15 is 0 Å². The molecule has 4 heteroatoms. The highest BCUT2D eigenvalue weighted by Crippen LogP contribution is 2.07. The maximum atomic E-state index is 10.5. The van der Waals surface area contributed by atoms with Crippen molar-refractivity contribution in [3.05, 3.63) is 4.91 Å². The van der Waals surface area contributed by atoms with Crippen molar-refractivity contribution in [2.75, 3.05) is 26.0 Å². The Balaban J connectivity index is 0.000000351. The zero-order chi connectivity index (χ0) is 28.9. The summed E-state index contributed by atoms with van der Waals surface area (Å²) in [5.74, 6) is 0. The lowest BCUT2D eigenvalue weighted by atomic mass is 10.2. The number of nitrogens with zero attached hydrogens (tertiary/aromatic N) is 2. The predicted molar refractivity (Wildman–Crippen MR) is 57.9 cm³/mol. The summed E-state index contributed by atoms with van der Waals surface area (Å²) in [6.45, 7) is -13.5. The monoisotopic (exact) mass is 220 g/mol. The van der Waals surface area contributed by atoms with Crippen molar-refractivity contribution in [2.24, 2.45) is 5.29 Å². The summed E-state index contributed by atoms with van der Waals surface area (Å²) in [6.07, 6.45) is -20.7. The smallest absolute Gasteiger partial charge is 0.122 e. The molecule has 0 atom stereocenters. The van der Waals surface area contributed by atoms with Crippen LogP contribution in [0.4, 0.5) is 0 Å². The Hall–Kier alpha value is -0.640. The van der Waals surface area contributed by atoms with Gasteiger partial charge in [-0.15, -0.1) is 4.91 Å². The van der Waals surface area contributed by atoms with Gasteiger partial charge in [-0.05, 0) is 44.9 Å². The van der Waals surface area contributed by atoms with E-state index in [1.165, 1.54) is 0 Å². The second-order valence-corrected chi connectivity index (χ2v) is 1.70. The minimum Gasteiger partial charge on any atom is -0.317 e. The topological polar surface area (TPSA) is 44.7 Å². The molecule has 82 valence electrons. The van der Waals surface area contributed by atoms with Gasteiger partial charge >= 0.3 is 0 Å². The number of nitroso groups, excluding NO2 is 1. The highest BCUT2D eigenvalue weighted by atomic mass is 16.3. The van der Waals surface area contributed by atoms with Crippen LogP contribution < -0.4 is 5.31 Å². The molecule has 1 N–H and O–H groups in total. The fourth-order valence-corrected chi connectivity index (χ4v) is 0.433. The van der Waals surface area contributed by atoms with Gasteiger partial charge in [-0.2, -0.15) is 0 Å². The van der Waals surface area contributed by atoms with Gasteiger partial charge in [0.1, 0.15) is 1.41 Å². The molecular formula is C10H21N3O. The Kier molecular flexibility index (Phi) is 0.955. The third-order valence-corrected chi connectivity index (χ3v) is 0.879. The number of rotatable bonds is 1. The summed E-state index contributed by atoms with van der Waals surface area (Å²) < 4.78 is 154. The Morgan fingerprint density at radius 2 is 1.64 bits per heavy atom. The number of hydrogen-bond acceptors (Lipinski definition) is 3. The molecule has 2 heterocycles. The van der Waals surface area contributed by atoms with Crippen LogP contribution in [0, 0.1) is 4.91 Å². The van der Waals surface area contributed by atoms with E-state index in [1.807, 2.05) is 5.29 Å². The van der Waals surface area contributed by atoms with Crippen LogP contribution >= 0.6 is 0 Å². The van der Waals surface area contributed by atoms with Crippen molar-refractivity contribution in [3.63, 3.8) is 0 Å². The van der Waals surface area contributed by atoms with Crippen LogP contribution in [-0.4, -0.2) is 31.0 Å². The Bertz CT molecular complexity index is 790. The van der Waals surface area contributed by atoms with Gasteiger partial charge in [0.15, 0.2) is 0 Å². The van der Waals surface area contributed by atoms with Crippen molar-refractivity contribution in [1.29, 1.82) is 0 Å². The first kappa shape index (κ1) is 1.73. The molecule has 4 nitrogen and oxygen atoms in total. The van der Waals surface area contributed by atoms with E-state index in [0.29, 0.717) is 0 Å². The average molecular weight is 220 g/mol. The first-order valence-electron chi connectivity index (χ1n) is 13.7. The lowest BCUT2D eigenvalue weighted by Crippen LogP contribution is -2.23. The molecule has 0 saturated carbocycles. The van der Waals surface area contributed by atoms with E-state index in [-0.39, 0.29) is 0 Å². The molecule has 2 aliphatic rings. The molecule has 0 aromatic rings. The first-order valence-corrected chi connectivity index (χ1v) is 3.28. The standard InChI is InChI=1S/C5H10N2O.C5H11N/c8-6-7-4-2-1-3-5-7;1-2-4-6-5-3-1/h1-5H2;6H,1-5H2/i2*1D2,2D2,3D2,4D2,5D2/hD. The molecule has 2 fully saturated rings. The van der Waals surface area contributed by atoms with Gasteiger partial charge in [0, 0.05) is 34.9 Å². The van der Waals surface area contributed by atoms with Crippen molar-refractivity contribution in [2.45, 2.75) is 38.2 Å². The van der Waals surface area contributed by atoms with E-state index < -0.39 is 74.5 Å². The first-order chi connectivity index (χ1) is 14.8. The van der Waals surface area contributed by atoms with Crippen LogP contribution in [-0.2, 0) is 0 Å². The van der Waals surface area contributed by atoms with Crippen LogP contribution in [0.15, 0.2) is 5.29 Å². The SMILES string of the molecule is [2H]C1([2H])N(N=O)C([2H])([2H])C([2H])([2H])C([2H])([2H])C1([2H])[2H].[2H]N1C([2H])([2H])C([2H])([2H])C([2H])([2H])C([2H])([2H])C1([2H])[2H]. The van der Waals surface area contributed by atoms with Crippen LogP contribution in [0.1, 0.15) is 65.7 Å². The fourth-order valence-electron chi connectivity index (χ4n) is 0.433. The molecular weight excluding hydrogens is 178 g/mol. The van der Waals surface area contributed by atoms with E-state index in [0.717, 1.165) is 0 Å². The van der Waals surface area contributed by atoms with Crippen molar-refractivity contribution < 1.29 is 28.8 Å². The lowest BCUT2D eigenvalue weighted by molar-refractivity contribution is 0.236. The fraction of sp³-hybridized carbons (Fsp3) is 1.00. The van der Waals surface area contributed by atoms with E-state index in [2.05, 4.69) is 0 Å². The van der Waals surface area contributed by atoms with Gasteiger partial charge in [0.2, 0.25) is 0 Å². The maximum Gasteiger partial charge on any atom is 0.122 e. The zero-order valence-electron chi connectivity index (χ0n) is 27.7. The lowest BCUT2D eigenvalue weighted by Gasteiger charge is -2.19. The van der Waals surface area contributed by atoms with E-state index in [9.17, 15) is 4.91 Å². The van der Waals surface area contributed by atoms with Crippen LogP contribution in [0.5, 0.6) is 0 Å². The second kappa shape index (κ2) is 7.74. The predicted octanol–water partition coefficient (Wildman–Crippen LogP) is 1.91. The molecule has 0 unspecified atom stereocenters. The summed E-state index contributed by atoms with van der Waals surface area (Å²) in [5, 5.41) is 0.971. The van der Waals surface area contributed by atoms with Gasteiger partial charge in [-0.25, -0.2) is 0 Å². The zero-order valence-corrected chi connectivity index (χ0v) is 6.75.